The van der Waals surface area contributed by atoms with Crippen molar-refractivity contribution in [1.82, 2.24) is 4.98 Å². The van der Waals surface area contributed by atoms with Crippen molar-refractivity contribution >= 4 is 22.5 Å². The van der Waals surface area contributed by atoms with Gasteiger partial charge in [0, 0.05) is 17.0 Å². The molecule has 0 spiro atoms. The molecule has 2 aromatic carbocycles. The van der Waals surface area contributed by atoms with Gasteiger partial charge in [-0.15, -0.1) is 0 Å². The molecule has 3 aromatic rings. The highest BCUT2D eigenvalue weighted by atomic mass is 35.5. The second-order valence-electron chi connectivity index (χ2n) is 5.17. The highest BCUT2D eigenvalue weighted by Gasteiger charge is 2.15. The highest BCUT2D eigenvalue weighted by Crippen LogP contribution is 2.37. The largest absolute Gasteiger partial charge is 0.494 e. The van der Waals surface area contributed by atoms with Crippen LogP contribution in [0.25, 0.3) is 22.2 Å². The first-order valence-corrected chi connectivity index (χ1v) is 7.75. The molecule has 1 aliphatic heterocycles. The summed E-state index contributed by atoms with van der Waals surface area (Å²) in [7, 11) is 0. The summed E-state index contributed by atoms with van der Waals surface area (Å²) in [5.74, 6) is 2.26. The summed E-state index contributed by atoms with van der Waals surface area (Å²) in [4.78, 5) is 4.71. The lowest BCUT2D eigenvalue weighted by Crippen LogP contribution is -1.93. The number of halogens is 1. The molecule has 0 fully saturated rings. The van der Waals surface area contributed by atoms with Crippen LogP contribution in [-0.2, 0) is 0 Å². The van der Waals surface area contributed by atoms with Crippen LogP contribution in [0.4, 0.5) is 0 Å². The fourth-order valence-electron chi connectivity index (χ4n) is 2.63. The first-order chi connectivity index (χ1) is 11.2. The van der Waals surface area contributed by atoms with Gasteiger partial charge in [-0.3, -0.25) is 0 Å². The molecule has 0 radical (unpaired) electrons. The SMILES string of the molecule is CCOc1ccc2c(Cl)cc(-c3ccc4c(c3)OCO4)nc2c1. The Morgan fingerprint density at radius 2 is 1.96 bits per heavy atom. The summed E-state index contributed by atoms with van der Waals surface area (Å²) < 4.78 is 16.3. The van der Waals surface area contributed by atoms with Crippen LogP contribution < -0.4 is 14.2 Å². The Morgan fingerprint density at radius 1 is 1.09 bits per heavy atom. The standard InChI is InChI=1S/C18H14ClNO3/c1-2-21-12-4-5-13-14(19)9-15(20-16(13)8-12)11-3-6-17-18(7-11)23-10-22-17/h3-9H,2,10H2,1H3. The summed E-state index contributed by atoms with van der Waals surface area (Å²) in [6, 6.07) is 13.3. The number of nitrogens with zero attached hydrogens (tertiary/aromatic N) is 1. The molecule has 0 saturated carbocycles. The number of benzene rings is 2. The van der Waals surface area contributed by atoms with Gasteiger partial charge in [-0.25, -0.2) is 4.98 Å². The molecule has 0 atom stereocenters. The van der Waals surface area contributed by atoms with Crippen molar-refractivity contribution in [3.05, 3.63) is 47.5 Å². The van der Waals surface area contributed by atoms with Crippen LogP contribution in [0, 0.1) is 0 Å². The molecule has 1 aliphatic rings. The Balaban J connectivity index is 1.83. The van der Waals surface area contributed by atoms with Gasteiger partial charge in [-0.2, -0.15) is 0 Å². The van der Waals surface area contributed by atoms with Crippen molar-refractivity contribution < 1.29 is 14.2 Å². The Labute approximate surface area is 138 Å². The van der Waals surface area contributed by atoms with E-state index in [2.05, 4.69) is 0 Å². The Bertz CT molecular complexity index is 895. The van der Waals surface area contributed by atoms with Gasteiger partial charge < -0.3 is 14.2 Å². The molecule has 0 saturated heterocycles. The van der Waals surface area contributed by atoms with E-state index in [4.69, 9.17) is 30.8 Å². The summed E-state index contributed by atoms with van der Waals surface area (Å²) >= 11 is 6.42. The van der Waals surface area contributed by atoms with Crippen molar-refractivity contribution in [1.29, 1.82) is 0 Å². The van der Waals surface area contributed by atoms with E-state index in [1.165, 1.54) is 0 Å². The van der Waals surface area contributed by atoms with Crippen LogP contribution in [0.15, 0.2) is 42.5 Å². The van der Waals surface area contributed by atoms with E-state index in [9.17, 15) is 0 Å². The number of pyridine rings is 1. The van der Waals surface area contributed by atoms with Crippen LogP contribution in [0.5, 0.6) is 17.2 Å². The first-order valence-electron chi connectivity index (χ1n) is 7.38. The quantitative estimate of drug-likeness (QED) is 0.700. The van der Waals surface area contributed by atoms with Crippen LogP contribution in [-0.4, -0.2) is 18.4 Å². The first kappa shape index (κ1) is 14.2. The van der Waals surface area contributed by atoms with Gasteiger partial charge in [0.05, 0.1) is 22.8 Å². The van der Waals surface area contributed by atoms with Crippen LogP contribution in [0.1, 0.15) is 6.92 Å². The molecule has 23 heavy (non-hydrogen) atoms. The number of ether oxygens (including phenoxy) is 3. The van der Waals surface area contributed by atoms with Crippen molar-refractivity contribution in [3.63, 3.8) is 0 Å². The number of fused-ring (bicyclic) bond motifs is 2. The molecule has 116 valence electrons. The molecule has 0 N–H and O–H groups in total. The predicted octanol–water partition coefficient (Wildman–Crippen LogP) is 4.68. The minimum Gasteiger partial charge on any atom is -0.494 e. The van der Waals surface area contributed by atoms with Gasteiger partial charge in [0.2, 0.25) is 6.79 Å². The maximum absolute atomic E-state index is 6.42. The van der Waals surface area contributed by atoms with E-state index < -0.39 is 0 Å². The van der Waals surface area contributed by atoms with Crippen LogP contribution in [0.3, 0.4) is 0 Å². The van der Waals surface area contributed by atoms with Crippen LogP contribution in [0.2, 0.25) is 5.02 Å². The van der Waals surface area contributed by atoms with Crippen molar-refractivity contribution in [3.8, 4) is 28.5 Å². The van der Waals surface area contributed by atoms with Crippen molar-refractivity contribution in [2.75, 3.05) is 13.4 Å². The molecule has 1 aromatic heterocycles. The van der Waals surface area contributed by atoms with E-state index in [0.29, 0.717) is 11.6 Å². The highest BCUT2D eigenvalue weighted by molar-refractivity contribution is 6.35. The monoisotopic (exact) mass is 327 g/mol. The lowest BCUT2D eigenvalue weighted by Gasteiger charge is -2.08. The Kier molecular flexibility index (Phi) is 3.46. The fraction of sp³-hybridized carbons (Fsp3) is 0.167. The third kappa shape index (κ3) is 2.55. The van der Waals surface area contributed by atoms with E-state index in [1.807, 2.05) is 49.4 Å². The van der Waals surface area contributed by atoms with Crippen molar-refractivity contribution in [2.45, 2.75) is 6.92 Å². The second-order valence-corrected chi connectivity index (χ2v) is 5.58. The smallest absolute Gasteiger partial charge is 0.231 e. The molecule has 5 heteroatoms. The lowest BCUT2D eigenvalue weighted by atomic mass is 10.1. The third-order valence-corrected chi connectivity index (χ3v) is 4.02. The molecule has 0 bridgehead atoms. The maximum atomic E-state index is 6.42. The summed E-state index contributed by atoms with van der Waals surface area (Å²) in [5, 5.41) is 1.56. The molecule has 2 heterocycles. The van der Waals surface area contributed by atoms with Gasteiger partial charge in [0.15, 0.2) is 11.5 Å². The minimum absolute atomic E-state index is 0.252. The average molecular weight is 328 g/mol. The van der Waals surface area contributed by atoms with E-state index in [-0.39, 0.29) is 6.79 Å². The molecular formula is C18H14ClNO3. The molecule has 4 rings (SSSR count). The van der Waals surface area contributed by atoms with E-state index >= 15 is 0 Å². The number of hydrogen-bond acceptors (Lipinski definition) is 4. The van der Waals surface area contributed by atoms with Crippen molar-refractivity contribution in [2.24, 2.45) is 0 Å². The number of rotatable bonds is 3. The van der Waals surface area contributed by atoms with E-state index in [1.54, 1.807) is 0 Å². The molecular weight excluding hydrogens is 314 g/mol. The summed E-state index contributed by atoms with van der Waals surface area (Å²) in [6.45, 7) is 2.82. The normalized spacial score (nSPS) is 12.6. The average Bonchev–Trinajstić information content (AvgIpc) is 3.02. The zero-order valence-corrected chi connectivity index (χ0v) is 13.3. The Morgan fingerprint density at radius 3 is 2.83 bits per heavy atom. The van der Waals surface area contributed by atoms with Gasteiger partial charge in [0.25, 0.3) is 0 Å². The number of aromatic nitrogens is 1. The van der Waals surface area contributed by atoms with Gasteiger partial charge in [-0.05, 0) is 43.3 Å². The maximum Gasteiger partial charge on any atom is 0.231 e. The lowest BCUT2D eigenvalue weighted by molar-refractivity contribution is 0.174. The third-order valence-electron chi connectivity index (χ3n) is 3.71. The van der Waals surface area contributed by atoms with Gasteiger partial charge in [0.1, 0.15) is 5.75 Å². The summed E-state index contributed by atoms with van der Waals surface area (Å²) in [5.41, 5.74) is 2.52. The Hall–Kier alpha value is -2.46. The molecule has 0 aliphatic carbocycles. The van der Waals surface area contributed by atoms with Crippen LogP contribution >= 0.6 is 11.6 Å². The zero-order chi connectivity index (χ0) is 15.8. The minimum atomic E-state index is 0.252. The zero-order valence-electron chi connectivity index (χ0n) is 12.5. The topological polar surface area (TPSA) is 40.6 Å². The predicted molar refractivity (Wildman–Crippen MR) is 89.5 cm³/mol. The van der Waals surface area contributed by atoms with E-state index in [0.717, 1.165) is 39.4 Å². The fourth-order valence-corrected chi connectivity index (χ4v) is 2.89. The number of hydrogen-bond donors (Lipinski definition) is 0. The van der Waals surface area contributed by atoms with Gasteiger partial charge in [-0.1, -0.05) is 11.6 Å². The molecule has 4 nitrogen and oxygen atoms in total. The van der Waals surface area contributed by atoms with Gasteiger partial charge >= 0.3 is 0 Å². The molecule has 0 amide bonds. The molecule has 0 unspecified atom stereocenters. The second kappa shape index (κ2) is 5.63. The summed E-state index contributed by atoms with van der Waals surface area (Å²) in [6.07, 6.45) is 0.